The van der Waals surface area contributed by atoms with Gasteiger partial charge in [-0.15, -0.1) is 4.90 Å². The summed E-state index contributed by atoms with van der Waals surface area (Å²) < 4.78 is 45.7. The predicted molar refractivity (Wildman–Crippen MR) is 142 cm³/mol. The maximum atomic E-state index is 12.1. The van der Waals surface area contributed by atoms with Crippen molar-refractivity contribution >= 4 is 49.4 Å². The van der Waals surface area contributed by atoms with Crippen LogP contribution >= 0.6 is 0 Å². The summed E-state index contributed by atoms with van der Waals surface area (Å²) in [5.41, 5.74) is 3.04. The highest BCUT2D eigenvalue weighted by Crippen LogP contribution is 2.41. The first-order valence-corrected chi connectivity index (χ1v) is 14.0. The average Bonchev–Trinajstić information content (AvgIpc) is 2.99. The highest BCUT2D eigenvalue weighted by atomic mass is 32.2. The standard InChI is InChI=1S/C26H29N2O5S2/c1-20(29)27(21-11-6-5-7-12-21)16-9-8-13-25-26(2,3)23-19-22(34(4)30)14-15-24(23)28(25)17-10-18-35(31,32)33/h5-9,11-16,19H,4,10,17-18H2,1-3H3/q-1/p+1. The molecule has 3 rings (SSSR count). The van der Waals surface area contributed by atoms with Crippen molar-refractivity contribution in [3.8, 4) is 0 Å². The second-order valence-corrected chi connectivity index (χ2v) is 11.5. The molecule has 0 saturated heterocycles. The molecule has 1 amide bonds. The summed E-state index contributed by atoms with van der Waals surface area (Å²) in [5.74, 6) is 3.15. The van der Waals surface area contributed by atoms with Gasteiger partial charge in [-0.3, -0.25) is 24.6 Å². The number of allylic oxidation sites excluding steroid dienone is 3. The van der Waals surface area contributed by atoms with Crippen LogP contribution in [0.5, 0.6) is 0 Å². The number of hydrogen-bond acceptors (Lipinski definition) is 5. The molecular formula is C26H30N2O5S2. The van der Waals surface area contributed by atoms with Crippen LogP contribution in [0, 0.1) is 0 Å². The molecule has 0 fully saturated rings. The summed E-state index contributed by atoms with van der Waals surface area (Å²) in [6, 6.07) is 14.8. The zero-order valence-electron chi connectivity index (χ0n) is 20.0. The van der Waals surface area contributed by atoms with E-state index in [1.807, 2.05) is 73.0 Å². The lowest BCUT2D eigenvalue weighted by molar-refractivity contribution is -0.437. The molecule has 0 spiro atoms. The van der Waals surface area contributed by atoms with E-state index in [2.05, 4.69) is 5.87 Å². The lowest BCUT2D eigenvalue weighted by Gasteiger charge is -2.17. The van der Waals surface area contributed by atoms with Crippen LogP contribution < -0.4 is 4.90 Å². The number of carbonyl (C=O) groups is 1. The molecule has 1 aliphatic rings. The highest BCUT2D eigenvalue weighted by molar-refractivity contribution is 7.85. The van der Waals surface area contributed by atoms with Crippen LogP contribution in [0.3, 0.4) is 0 Å². The summed E-state index contributed by atoms with van der Waals surface area (Å²) in [5, 5.41) is 0. The molecule has 0 aromatic heterocycles. The average molecular weight is 515 g/mol. The van der Waals surface area contributed by atoms with E-state index in [1.54, 1.807) is 23.2 Å². The Balaban J connectivity index is 1.97. The number of rotatable bonds is 9. The van der Waals surface area contributed by atoms with Crippen molar-refractivity contribution < 1.29 is 26.5 Å². The van der Waals surface area contributed by atoms with Gasteiger partial charge in [0.1, 0.15) is 6.54 Å². The molecule has 1 N–H and O–H groups in total. The Bertz CT molecular complexity index is 1380. The third-order valence-corrected chi connectivity index (χ3v) is 7.47. The number of anilines is 1. The Labute approximate surface area is 208 Å². The van der Waals surface area contributed by atoms with E-state index in [-0.39, 0.29) is 18.1 Å². The smallest absolute Gasteiger partial charge is 0.265 e. The molecule has 0 bridgehead atoms. The van der Waals surface area contributed by atoms with Gasteiger partial charge in [0.15, 0.2) is 5.71 Å². The van der Waals surface area contributed by atoms with Gasteiger partial charge in [0, 0.05) is 42.9 Å². The van der Waals surface area contributed by atoms with Gasteiger partial charge in [-0.25, -0.2) is 0 Å². The van der Waals surface area contributed by atoms with Crippen LogP contribution in [-0.2, 0) is 34.9 Å². The number of benzene rings is 2. The number of nitrogens with zero attached hydrogens (tertiary/aromatic N) is 2. The van der Waals surface area contributed by atoms with E-state index >= 15 is 0 Å². The second kappa shape index (κ2) is 10.7. The summed E-state index contributed by atoms with van der Waals surface area (Å²) in [7, 11) is -5.46. The molecule has 1 heterocycles. The van der Waals surface area contributed by atoms with Crippen LogP contribution in [0.25, 0.3) is 0 Å². The summed E-state index contributed by atoms with van der Waals surface area (Å²) in [4.78, 5) is 14.3. The van der Waals surface area contributed by atoms with Crippen molar-refractivity contribution in [2.24, 2.45) is 0 Å². The Morgan fingerprint density at radius 2 is 1.86 bits per heavy atom. The van der Waals surface area contributed by atoms with E-state index in [9.17, 15) is 17.4 Å². The van der Waals surface area contributed by atoms with Crippen molar-refractivity contribution in [1.82, 2.24) is 0 Å². The van der Waals surface area contributed by atoms with Gasteiger partial charge in [0.2, 0.25) is 11.6 Å². The first kappa shape index (κ1) is 26.6. The maximum absolute atomic E-state index is 12.1. The normalized spacial score (nSPS) is 15.3. The number of fused-ring (bicyclic) bond motifs is 1. The molecule has 0 saturated carbocycles. The first-order chi connectivity index (χ1) is 16.4. The van der Waals surface area contributed by atoms with E-state index in [0.717, 1.165) is 22.6 Å². The lowest BCUT2D eigenvalue weighted by atomic mass is 9.81. The third kappa shape index (κ3) is 6.36. The van der Waals surface area contributed by atoms with Gasteiger partial charge in [-0.1, -0.05) is 36.4 Å². The fourth-order valence-corrected chi connectivity index (χ4v) is 5.15. The fraction of sp³-hybridized carbons (Fsp3) is 0.269. The van der Waals surface area contributed by atoms with E-state index < -0.39 is 25.9 Å². The predicted octanol–water partition coefficient (Wildman–Crippen LogP) is 4.22. The van der Waals surface area contributed by atoms with Crippen molar-refractivity contribution in [2.45, 2.75) is 37.5 Å². The van der Waals surface area contributed by atoms with Crippen LogP contribution in [0.4, 0.5) is 11.4 Å². The molecule has 186 valence electrons. The van der Waals surface area contributed by atoms with Crippen molar-refractivity contribution in [2.75, 3.05) is 17.2 Å². The number of amides is 1. The van der Waals surface area contributed by atoms with E-state index in [4.69, 9.17) is 4.55 Å². The topological polar surface area (TPSA) is 94.8 Å². The Morgan fingerprint density at radius 1 is 1.17 bits per heavy atom. The second-order valence-electron chi connectivity index (χ2n) is 8.75. The third-order valence-electron chi connectivity index (χ3n) is 5.88. The van der Waals surface area contributed by atoms with Gasteiger partial charge >= 0.3 is 0 Å². The highest BCUT2D eigenvalue weighted by Gasteiger charge is 2.44. The largest absolute Gasteiger partial charge is 0.457 e. The molecule has 0 radical (unpaired) electrons. The molecule has 2 aromatic rings. The molecule has 2 aromatic carbocycles. The molecule has 0 atom stereocenters. The Kier molecular flexibility index (Phi) is 8.15. The van der Waals surface area contributed by atoms with Crippen LogP contribution in [0.2, 0.25) is 0 Å². The molecule has 1 aliphatic heterocycles. The lowest BCUT2D eigenvalue weighted by Crippen LogP contribution is -2.28. The van der Waals surface area contributed by atoms with Crippen LogP contribution in [0.15, 0.2) is 77.9 Å². The van der Waals surface area contributed by atoms with Crippen molar-refractivity contribution in [3.05, 3.63) is 78.5 Å². The van der Waals surface area contributed by atoms with E-state index in [1.165, 1.54) is 6.92 Å². The monoisotopic (exact) mass is 514 g/mol. The minimum absolute atomic E-state index is 0.123. The van der Waals surface area contributed by atoms with Gasteiger partial charge in [0.25, 0.3) is 10.1 Å². The molecule has 35 heavy (non-hydrogen) atoms. The maximum Gasteiger partial charge on any atom is 0.265 e. The molecule has 7 nitrogen and oxygen atoms in total. The van der Waals surface area contributed by atoms with Gasteiger partial charge in [-0.2, -0.15) is 18.9 Å². The molecular weight excluding hydrogens is 484 g/mol. The summed E-state index contributed by atoms with van der Waals surface area (Å²) >= 11 is 0. The zero-order valence-corrected chi connectivity index (χ0v) is 21.7. The fourth-order valence-electron chi connectivity index (χ4n) is 4.19. The summed E-state index contributed by atoms with van der Waals surface area (Å²) in [6.07, 6.45) is 7.45. The number of hydrogen-bond donors (Lipinski definition) is 1. The summed E-state index contributed by atoms with van der Waals surface area (Å²) in [6.45, 7) is 5.95. The Morgan fingerprint density at radius 3 is 2.46 bits per heavy atom. The molecule has 0 aliphatic carbocycles. The minimum Gasteiger partial charge on any atom is -0.457 e. The van der Waals surface area contributed by atoms with Gasteiger partial charge < -0.3 is 4.21 Å². The SMILES string of the molecule is C=[S-](=O)c1ccc2c(c1)C(C)(C)C(C=CC=CN(C(C)=O)c1ccccc1)=[N+]2CCCS(=O)(=O)O. The van der Waals surface area contributed by atoms with Crippen LogP contribution in [0.1, 0.15) is 32.8 Å². The molecule has 0 unspecified atom stereocenters. The molecule has 9 heteroatoms. The van der Waals surface area contributed by atoms with Crippen molar-refractivity contribution in [1.29, 1.82) is 0 Å². The van der Waals surface area contributed by atoms with Crippen molar-refractivity contribution in [3.63, 3.8) is 0 Å². The zero-order chi connectivity index (χ0) is 25.8. The number of carbonyl (C=O) groups excluding carboxylic acids is 1. The quantitative estimate of drug-likeness (QED) is 0.178. The minimum atomic E-state index is -4.07. The van der Waals surface area contributed by atoms with Gasteiger partial charge in [0.05, 0.1) is 11.2 Å². The van der Waals surface area contributed by atoms with Crippen LogP contribution in [-0.4, -0.2) is 47.3 Å². The van der Waals surface area contributed by atoms with E-state index in [0.29, 0.717) is 11.4 Å². The Hall–Kier alpha value is -3.01. The van der Waals surface area contributed by atoms with Gasteiger partial charge in [-0.05, 0) is 32.1 Å². The number of para-hydroxylation sites is 1. The first-order valence-electron chi connectivity index (χ1n) is 11.1.